The molecule has 0 atom stereocenters. The molecule has 74 valence electrons. The molecule has 0 aromatic carbocycles. The monoisotopic (exact) mass is 258 g/mol. The highest BCUT2D eigenvalue weighted by Gasteiger charge is 2.14. The van der Waals surface area contributed by atoms with Gasteiger partial charge in [0, 0.05) is 13.1 Å². The molecule has 0 bridgehead atoms. The number of aromatic nitrogens is 1. The van der Waals surface area contributed by atoms with Crippen LogP contribution in [0.1, 0.15) is 17.3 Å². The lowest BCUT2D eigenvalue weighted by Crippen LogP contribution is -2.12. The van der Waals surface area contributed by atoms with Crippen LogP contribution in [0.25, 0.3) is 0 Å². The molecule has 2 N–H and O–H groups in total. The largest absolute Gasteiger partial charge is 0.478 e. The number of halogens is 1. The summed E-state index contributed by atoms with van der Waals surface area (Å²) in [4.78, 5) is 25.4. The molecule has 1 heterocycles. The average molecular weight is 259 g/mol. The van der Waals surface area contributed by atoms with E-state index >= 15 is 0 Å². The summed E-state index contributed by atoms with van der Waals surface area (Å²) in [6.45, 7) is 1.30. The summed E-state index contributed by atoms with van der Waals surface area (Å²) >= 11 is 3.05. The first-order chi connectivity index (χ1) is 6.52. The molecule has 5 nitrogen and oxygen atoms in total. The Hall–Kier alpha value is -1.43. The van der Waals surface area contributed by atoms with Crippen LogP contribution >= 0.6 is 15.9 Å². The van der Waals surface area contributed by atoms with Gasteiger partial charge in [0.05, 0.1) is 11.3 Å². The van der Waals surface area contributed by atoms with Crippen LogP contribution in [0.2, 0.25) is 0 Å². The lowest BCUT2D eigenvalue weighted by atomic mass is 10.2. The van der Waals surface area contributed by atoms with Gasteiger partial charge in [-0.15, -0.1) is 0 Å². The molecular weight excluding hydrogens is 252 g/mol. The molecule has 0 aliphatic heterocycles. The Morgan fingerprint density at radius 3 is 2.71 bits per heavy atom. The van der Waals surface area contributed by atoms with Gasteiger partial charge in [-0.3, -0.25) is 4.79 Å². The number of nitrogens with one attached hydrogen (secondary N) is 1. The Bertz CT molecular complexity index is 392. The Balaban J connectivity index is 3.22. The Morgan fingerprint density at radius 2 is 2.21 bits per heavy atom. The van der Waals surface area contributed by atoms with Crippen LogP contribution in [-0.4, -0.2) is 22.0 Å². The number of carboxylic acids is 1. The van der Waals surface area contributed by atoms with E-state index in [4.69, 9.17) is 5.11 Å². The predicted octanol–water partition coefficient (Wildman–Crippen LogP) is 1.50. The van der Waals surface area contributed by atoms with Crippen molar-refractivity contribution >= 4 is 33.5 Å². The predicted molar refractivity (Wildman–Crippen MR) is 53.2 cm³/mol. The van der Waals surface area contributed by atoms with E-state index in [9.17, 15) is 9.59 Å². The first-order valence-corrected chi connectivity index (χ1v) is 4.47. The summed E-state index contributed by atoms with van der Waals surface area (Å²) in [5.74, 6) is -1.46. The standard InChI is InChI=1S/C8H7BrN2O3/c1-4(12)11-6-5(8(13)14)2-3-10-7(6)9/h2-3H,1H3,(H,11,12)(H,13,14). The zero-order valence-corrected chi connectivity index (χ0v) is 8.83. The number of aromatic carboxylic acids is 1. The van der Waals surface area contributed by atoms with E-state index in [2.05, 4.69) is 26.2 Å². The van der Waals surface area contributed by atoms with E-state index in [1.807, 2.05) is 0 Å². The second kappa shape index (κ2) is 4.19. The minimum Gasteiger partial charge on any atom is -0.478 e. The van der Waals surface area contributed by atoms with Crippen molar-refractivity contribution in [2.45, 2.75) is 6.92 Å². The maximum atomic E-state index is 10.8. The highest BCUT2D eigenvalue weighted by molar-refractivity contribution is 9.10. The fourth-order valence-electron chi connectivity index (χ4n) is 0.909. The van der Waals surface area contributed by atoms with E-state index in [1.54, 1.807) is 0 Å². The van der Waals surface area contributed by atoms with Crippen LogP contribution in [-0.2, 0) is 4.79 Å². The molecular formula is C8H7BrN2O3. The first kappa shape index (κ1) is 10.6. The van der Waals surface area contributed by atoms with Crippen LogP contribution in [0.4, 0.5) is 5.69 Å². The number of carbonyl (C=O) groups excluding carboxylic acids is 1. The SMILES string of the molecule is CC(=O)Nc1c(C(=O)O)ccnc1Br. The zero-order chi connectivity index (χ0) is 10.7. The lowest BCUT2D eigenvalue weighted by molar-refractivity contribution is -0.114. The second-order valence-corrected chi connectivity index (χ2v) is 3.26. The summed E-state index contributed by atoms with van der Waals surface area (Å²) < 4.78 is 0.299. The quantitative estimate of drug-likeness (QED) is 0.789. The summed E-state index contributed by atoms with van der Waals surface area (Å²) in [6.07, 6.45) is 1.35. The van der Waals surface area contributed by atoms with Gasteiger partial charge in [-0.2, -0.15) is 0 Å². The third-order valence-corrected chi connectivity index (χ3v) is 2.04. The minimum absolute atomic E-state index is 0.00192. The van der Waals surface area contributed by atoms with Gasteiger partial charge in [0.2, 0.25) is 5.91 Å². The van der Waals surface area contributed by atoms with Crippen LogP contribution < -0.4 is 5.32 Å². The van der Waals surface area contributed by atoms with Crippen LogP contribution in [0.5, 0.6) is 0 Å². The van der Waals surface area contributed by atoms with Gasteiger partial charge in [-0.05, 0) is 22.0 Å². The molecule has 0 unspecified atom stereocenters. The van der Waals surface area contributed by atoms with Crippen molar-refractivity contribution in [2.24, 2.45) is 0 Å². The highest BCUT2D eigenvalue weighted by atomic mass is 79.9. The van der Waals surface area contributed by atoms with Gasteiger partial charge in [0.25, 0.3) is 0 Å². The van der Waals surface area contributed by atoms with Crippen molar-refractivity contribution in [2.75, 3.05) is 5.32 Å². The molecule has 0 spiro atoms. The van der Waals surface area contributed by atoms with Gasteiger partial charge >= 0.3 is 5.97 Å². The van der Waals surface area contributed by atoms with Crippen LogP contribution in [0.3, 0.4) is 0 Å². The van der Waals surface area contributed by atoms with Gasteiger partial charge in [-0.25, -0.2) is 9.78 Å². The number of carboxylic acid groups (broad SMARTS) is 1. The fourth-order valence-corrected chi connectivity index (χ4v) is 1.34. The molecule has 0 aliphatic rings. The maximum absolute atomic E-state index is 10.8. The average Bonchev–Trinajstić information content (AvgIpc) is 2.07. The van der Waals surface area contributed by atoms with Gasteiger partial charge in [0.1, 0.15) is 4.60 Å². The van der Waals surface area contributed by atoms with Crippen molar-refractivity contribution < 1.29 is 14.7 Å². The molecule has 1 rings (SSSR count). The van der Waals surface area contributed by atoms with Gasteiger partial charge in [0.15, 0.2) is 0 Å². The Morgan fingerprint density at radius 1 is 1.57 bits per heavy atom. The first-order valence-electron chi connectivity index (χ1n) is 3.67. The van der Waals surface area contributed by atoms with E-state index in [0.29, 0.717) is 4.60 Å². The van der Waals surface area contributed by atoms with Crippen LogP contribution in [0.15, 0.2) is 16.9 Å². The second-order valence-electron chi connectivity index (χ2n) is 2.51. The number of hydrogen-bond acceptors (Lipinski definition) is 3. The van der Waals surface area contributed by atoms with Gasteiger partial charge in [-0.1, -0.05) is 0 Å². The topological polar surface area (TPSA) is 79.3 Å². The summed E-state index contributed by atoms with van der Waals surface area (Å²) in [7, 11) is 0. The van der Waals surface area contributed by atoms with E-state index in [1.165, 1.54) is 19.2 Å². The van der Waals surface area contributed by atoms with Crippen LogP contribution in [0, 0.1) is 0 Å². The molecule has 1 aromatic heterocycles. The van der Waals surface area contributed by atoms with Crippen molar-refractivity contribution in [1.29, 1.82) is 0 Å². The molecule has 1 amide bonds. The smallest absolute Gasteiger partial charge is 0.337 e. The molecule has 0 fully saturated rings. The number of nitrogens with zero attached hydrogens (tertiary/aromatic N) is 1. The number of anilines is 1. The summed E-state index contributed by atoms with van der Waals surface area (Å²) in [5.41, 5.74) is 0.176. The van der Waals surface area contributed by atoms with Crippen molar-refractivity contribution in [3.05, 3.63) is 22.4 Å². The third-order valence-electron chi connectivity index (χ3n) is 1.44. The number of hydrogen-bond donors (Lipinski definition) is 2. The molecule has 6 heteroatoms. The normalized spacial score (nSPS) is 9.57. The maximum Gasteiger partial charge on any atom is 0.337 e. The van der Waals surface area contributed by atoms with Crippen molar-refractivity contribution in [1.82, 2.24) is 4.98 Å². The molecule has 0 saturated heterocycles. The molecule has 14 heavy (non-hydrogen) atoms. The molecule has 0 saturated carbocycles. The number of amides is 1. The number of carbonyl (C=O) groups is 2. The zero-order valence-electron chi connectivity index (χ0n) is 7.24. The van der Waals surface area contributed by atoms with E-state index in [0.717, 1.165) is 0 Å². The number of rotatable bonds is 2. The summed E-state index contributed by atoms with van der Waals surface area (Å²) in [6, 6.07) is 1.32. The summed E-state index contributed by atoms with van der Waals surface area (Å²) in [5, 5.41) is 11.2. The van der Waals surface area contributed by atoms with Gasteiger partial charge < -0.3 is 10.4 Å². The minimum atomic E-state index is -1.11. The Labute approximate surface area is 88.3 Å². The fraction of sp³-hybridized carbons (Fsp3) is 0.125. The van der Waals surface area contributed by atoms with Crippen molar-refractivity contribution in [3.8, 4) is 0 Å². The number of pyridine rings is 1. The van der Waals surface area contributed by atoms with E-state index < -0.39 is 5.97 Å². The highest BCUT2D eigenvalue weighted by Crippen LogP contribution is 2.23. The lowest BCUT2D eigenvalue weighted by Gasteiger charge is -2.07. The van der Waals surface area contributed by atoms with Crippen molar-refractivity contribution in [3.63, 3.8) is 0 Å². The molecule has 0 radical (unpaired) electrons. The van der Waals surface area contributed by atoms with E-state index in [-0.39, 0.29) is 17.2 Å². The molecule has 1 aromatic rings. The molecule has 0 aliphatic carbocycles. The third kappa shape index (κ3) is 2.29. The Kier molecular flexibility index (Phi) is 3.19.